The molecule has 2 aliphatic carbocycles. The van der Waals surface area contributed by atoms with Crippen LogP contribution in [0.3, 0.4) is 0 Å². The van der Waals surface area contributed by atoms with Crippen molar-refractivity contribution in [1.29, 1.82) is 0 Å². The van der Waals surface area contributed by atoms with E-state index in [4.69, 9.17) is 0 Å². The van der Waals surface area contributed by atoms with E-state index in [2.05, 4.69) is 24.2 Å². The van der Waals surface area contributed by atoms with Crippen LogP contribution < -0.4 is 5.32 Å². The van der Waals surface area contributed by atoms with E-state index in [1.807, 2.05) is 0 Å². The summed E-state index contributed by atoms with van der Waals surface area (Å²) in [5.74, 6) is 0. The van der Waals surface area contributed by atoms with E-state index >= 15 is 0 Å². The molecular formula is C16H32N2. The molecule has 0 radical (unpaired) electrons. The first-order chi connectivity index (χ1) is 8.76. The van der Waals surface area contributed by atoms with Gasteiger partial charge in [0.25, 0.3) is 0 Å². The first kappa shape index (κ1) is 14.3. The zero-order valence-electron chi connectivity index (χ0n) is 12.5. The Morgan fingerprint density at radius 3 is 2.39 bits per heavy atom. The van der Waals surface area contributed by atoms with Crippen molar-refractivity contribution in [1.82, 2.24) is 10.2 Å². The fraction of sp³-hybridized carbons (Fsp3) is 1.00. The van der Waals surface area contributed by atoms with Crippen molar-refractivity contribution in [2.24, 2.45) is 5.41 Å². The van der Waals surface area contributed by atoms with E-state index in [1.54, 1.807) is 0 Å². The molecule has 0 saturated heterocycles. The Morgan fingerprint density at radius 2 is 1.83 bits per heavy atom. The van der Waals surface area contributed by atoms with Gasteiger partial charge in [-0.15, -0.1) is 0 Å². The summed E-state index contributed by atoms with van der Waals surface area (Å²) in [6.07, 6.45) is 12.8. The van der Waals surface area contributed by atoms with Crippen molar-refractivity contribution in [3.8, 4) is 0 Å². The number of hydrogen-bond donors (Lipinski definition) is 1. The second-order valence-corrected chi connectivity index (χ2v) is 6.74. The molecule has 1 N–H and O–H groups in total. The number of hydrogen-bond acceptors (Lipinski definition) is 2. The summed E-state index contributed by atoms with van der Waals surface area (Å²) >= 11 is 0. The van der Waals surface area contributed by atoms with Gasteiger partial charge in [0.2, 0.25) is 0 Å². The fourth-order valence-corrected chi connectivity index (χ4v) is 3.71. The third kappa shape index (κ3) is 3.71. The highest BCUT2D eigenvalue weighted by molar-refractivity contribution is 4.90. The molecule has 2 fully saturated rings. The summed E-state index contributed by atoms with van der Waals surface area (Å²) in [5, 5.41) is 3.70. The first-order valence-electron chi connectivity index (χ1n) is 8.17. The Hall–Kier alpha value is -0.0800. The van der Waals surface area contributed by atoms with Gasteiger partial charge in [0, 0.05) is 19.1 Å². The number of rotatable bonds is 7. The minimum absolute atomic E-state index is 0.581. The van der Waals surface area contributed by atoms with Gasteiger partial charge < -0.3 is 10.2 Å². The van der Waals surface area contributed by atoms with Crippen LogP contribution in [-0.2, 0) is 0 Å². The molecular weight excluding hydrogens is 220 g/mol. The van der Waals surface area contributed by atoms with Gasteiger partial charge in [0.05, 0.1) is 0 Å². The van der Waals surface area contributed by atoms with Crippen molar-refractivity contribution in [2.75, 3.05) is 26.7 Å². The largest absolute Gasteiger partial charge is 0.316 e. The van der Waals surface area contributed by atoms with Crippen molar-refractivity contribution in [3.05, 3.63) is 0 Å². The van der Waals surface area contributed by atoms with Crippen LogP contribution in [0.1, 0.15) is 64.7 Å². The molecule has 18 heavy (non-hydrogen) atoms. The predicted molar refractivity (Wildman–Crippen MR) is 78.9 cm³/mol. The SMILES string of the molecule is CCCNCC1(CN(C)C2CCC2)CCCCC1. The molecule has 2 saturated carbocycles. The maximum Gasteiger partial charge on any atom is 0.00924 e. The highest BCUT2D eigenvalue weighted by Crippen LogP contribution is 2.38. The average molecular weight is 252 g/mol. The fourth-order valence-electron chi connectivity index (χ4n) is 3.71. The molecule has 2 rings (SSSR count). The standard InChI is InChI=1S/C16H32N2/c1-3-12-17-13-16(10-5-4-6-11-16)14-18(2)15-8-7-9-15/h15,17H,3-14H2,1-2H3. The predicted octanol–water partition coefficient (Wildman–Crippen LogP) is 3.42. The van der Waals surface area contributed by atoms with Crippen LogP contribution in [0, 0.1) is 5.41 Å². The third-order valence-electron chi connectivity index (χ3n) is 5.12. The molecule has 106 valence electrons. The summed E-state index contributed by atoms with van der Waals surface area (Å²) in [6.45, 7) is 6.03. The Balaban J connectivity index is 1.85. The second kappa shape index (κ2) is 6.91. The molecule has 2 aliphatic rings. The van der Waals surface area contributed by atoms with Crippen LogP contribution >= 0.6 is 0 Å². The smallest absolute Gasteiger partial charge is 0.00924 e. The summed E-state index contributed by atoms with van der Waals surface area (Å²) in [5.41, 5.74) is 0.581. The van der Waals surface area contributed by atoms with E-state index in [1.165, 1.54) is 77.4 Å². The van der Waals surface area contributed by atoms with Crippen LogP contribution in [0.5, 0.6) is 0 Å². The molecule has 0 atom stereocenters. The molecule has 0 spiro atoms. The van der Waals surface area contributed by atoms with E-state index < -0.39 is 0 Å². The van der Waals surface area contributed by atoms with Gasteiger partial charge in [0.15, 0.2) is 0 Å². The van der Waals surface area contributed by atoms with Gasteiger partial charge in [-0.2, -0.15) is 0 Å². The van der Waals surface area contributed by atoms with Gasteiger partial charge in [0.1, 0.15) is 0 Å². The summed E-state index contributed by atoms with van der Waals surface area (Å²) in [6, 6.07) is 0.898. The van der Waals surface area contributed by atoms with Crippen LogP contribution in [0.15, 0.2) is 0 Å². The molecule has 0 aliphatic heterocycles. The molecule has 0 aromatic carbocycles. The molecule has 0 amide bonds. The van der Waals surface area contributed by atoms with Gasteiger partial charge >= 0.3 is 0 Å². The van der Waals surface area contributed by atoms with Crippen LogP contribution in [0.4, 0.5) is 0 Å². The molecule has 0 heterocycles. The van der Waals surface area contributed by atoms with Crippen molar-refractivity contribution in [3.63, 3.8) is 0 Å². The topological polar surface area (TPSA) is 15.3 Å². The summed E-state index contributed by atoms with van der Waals surface area (Å²) < 4.78 is 0. The van der Waals surface area contributed by atoms with Crippen LogP contribution in [0.2, 0.25) is 0 Å². The van der Waals surface area contributed by atoms with E-state index in [0.717, 1.165) is 6.04 Å². The third-order valence-corrected chi connectivity index (χ3v) is 5.12. The van der Waals surface area contributed by atoms with Crippen LogP contribution in [0.25, 0.3) is 0 Å². The maximum absolute atomic E-state index is 3.70. The normalized spacial score (nSPS) is 24.2. The van der Waals surface area contributed by atoms with Crippen molar-refractivity contribution in [2.45, 2.75) is 70.8 Å². The van der Waals surface area contributed by atoms with E-state index in [-0.39, 0.29) is 0 Å². The molecule has 2 nitrogen and oxygen atoms in total. The van der Waals surface area contributed by atoms with Crippen molar-refractivity contribution >= 4 is 0 Å². The zero-order valence-corrected chi connectivity index (χ0v) is 12.5. The highest BCUT2D eigenvalue weighted by Gasteiger charge is 2.35. The lowest BCUT2D eigenvalue weighted by Crippen LogP contribution is -2.48. The quantitative estimate of drug-likeness (QED) is 0.698. The van der Waals surface area contributed by atoms with E-state index in [0.29, 0.717) is 5.41 Å². The Bertz CT molecular complexity index is 229. The van der Waals surface area contributed by atoms with Crippen molar-refractivity contribution < 1.29 is 0 Å². The minimum atomic E-state index is 0.581. The number of nitrogens with zero attached hydrogens (tertiary/aromatic N) is 1. The maximum atomic E-state index is 3.70. The van der Waals surface area contributed by atoms with Gasteiger partial charge in [-0.25, -0.2) is 0 Å². The van der Waals surface area contributed by atoms with Crippen LogP contribution in [-0.4, -0.2) is 37.6 Å². The Morgan fingerprint density at radius 1 is 1.11 bits per heavy atom. The molecule has 0 unspecified atom stereocenters. The zero-order chi connectivity index (χ0) is 12.8. The lowest BCUT2D eigenvalue weighted by Gasteiger charge is -2.44. The summed E-state index contributed by atoms with van der Waals surface area (Å²) in [4.78, 5) is 2.67. The first-order valence-corrected chi connectivity index (χ1v) is 8.17. The lowest BCUT2D eigenvalue weighted by atomic mass is 9.73. The molecule has 0 bridgehead atoms. The van der Waals surface area contributed by atoms with Gasteiger partial charge in [-0.1, -0.05) is 32.6 Å². The minimum Gasteiger partial charge on any atom is -0.316 e. The Kier molecular flexibility index (Phi) is 5.50. The lowest BCUT2D eigenvalue weighted by molar-refractivity contribution is 0.0660. The van der Waals surface area contributed by atoms with E-state index in [9.17, 15) is 0 Å². The molecule has 2 heteroatoms. The second-order valence-electron chi connectivity index (χ2n) is 6.74. The highest BCUT2D eigenvalue weighted by atomic mass is 15.1. The van der Waals surface area contributed by atoms with Gasteiger partial charge in [-0.05, 0) is 51.1 Å². The Labute approximate surface area is 114 Å². The average Bonchev–Trinajstić information content (AvgIpc) is 2.28. The monoisotopic (exact) mass is 252 g/mol. The van der Waals surface area contributed by atoms with Gasteiger partial charge in [-0.3, -0.25) is 0 Å². The summed E-state index contributed by atoms with van der Waals surface area (Å²) in [7, 11) is 2.36. The molecule has 0 aromatic heterocycles. The molecule has 0 aromatic rings. The number of nitrogens with one attached hydrogen (secondary N) is 1.